The lowest BCUT2D eigenvalue weighted by molar-refractivity contribution is 0.152. The third kappa shape index (κ3) is 3.06. The van der Waals surface area contributed by atoms with Crippen molar-refractivity contribution in [2.24, 2.45) is 0 Å². The Hall–Kier alpha value is -1.92. The normalized spacial score (nSPS) is 15.8. The number of H-pyrrole nitrogens is 1. The summed E-state index contributed by atoms with van der Waals surface area (Å²) in [7, 11) is 0. The maximum atomic E-state index is 12.1. The first-order chi connectivity index (χ1) is 10.3. The highest BCUT2D eigenvalue weighted by Gasteiger charge is 2.18. The third-order valence-corrected chi connectivity index (χ3v) is 3.66. The van der Waals surface area contributed by atoms with Gasteiger partial charge in [-0.3, -0.25) is 9.78 Å². The summed E-state index contributed by atoms with van der Waals surface area (Å²) in [5.74, 6) is 1.00. The lowest BCUT2D eigenvalue weighted by Crippen LogP contribution is -2.29. The number of hydrogen-bond donors (Lipinski definition) is 1. The van der Waals surface area contributed by atoms with E-state index in [4.69, 9.17) is 16.3 Å². The van der Waals surface area contributed by atoms with Gasteiger partial charge in [-0.2, -0.15) is 0 Å². The van der Waals surface area contributed by atoms with E-state index >= 15 is 0 Å². The van der Waals surface area contributed by atoms with Crippen LogP contribution in [0.5, 0.6) is 0 Å². The highest BCUT2D eigenvalue weighted by molar-refractivity contribution is 6.32. The lowest BCUT2D eigenvalue weighted by Gasteiger charge is -2.21. The average Bonchev–Trinajstić information content (AvgIpc) is 2.80. The Balaban J connectivity index is 2.03. The molecule has 6 nitrogen and oxygen atoms in total. The fourth-order valence-electron chi connectivity index (χ4n) is 2.26. The molecule has 0 radical (unpaired) electrons. The smallest absolute Gasteiger partial charge is 0.272 e. The molecule has 1 aliphatic heterocycles. The van der Waals surface area contributed by atoms with Gasteiger partial charge in [0.2, 0.25) is 0 Å². The van der Waals surface area contributed by atoms with Crippen LogP contribution in [0.25, 0.3) is 11.4 Å². The van der Waals surface area contributed by atoms with Crippen molar-refractivity contribution in [3.05, 3.63) is 39.9 Å². The summed E-state index contributed by atoms with van der Waals surface area (Å²) in [6, 6.07) is 3.59. The SMILES string of the molecule is O=c1[nH]c(-c2ccncc2)nc(N2CCCOCC2)c1Cl. The van der Waals surface area contributed by atoms with Crippen LogP contribution in [-0.2, 0) is 4.74 Å². The molecule has 7 heteroatoms. The van der Waals surface area contributed by atoms with Gasteiger partial charge in [-0.05, 0) is 18.6 Å². The Bertz CT molecular complexity index is 666. The minimum Gasteiger partial charge on any atom is -0.380 e. The summed E-state index contributed by atoms with van der Waals surface area (Å²) in [5.41, 5.74) is 0.463. The van der Waals surface area contributed by atoms with Crippen LogP contribution in [0, 0.1) is 0 Å². The fourth-order valence-corrected chi connectivity index (χ4v) is 2.47. The summed E-state index contributed by atoms with van der Waals surface area (Å²) in [4.78, 5) is 25.2. The van der Waals surface area contributed by atoms with Gasteiger partial charge in [0.05, 0.1) is 6.61 Å². The van der Waals surface area contributed by atoms with Crippen LogP contribution in [0.1, 0.15) is 6.42 Å². The van der Waals surface area contributed by atoms with Gasteiger partial charge in [0.15, 0.2) is 5.82 Å². The zero-order chi connectivity index (χ0) is 14.7. The van der Waals surface area contributed by atoms with Crippen molar-refractivity contribution < 1.29 is 4.74 Å². The molecule has 1 aliphatic rings. The zero-order valence-corrected chi connectivity index (χ0v) is 12.1. The Labute approximate surface area is 126 Å². The van der Waals surface area contributed by atoms with Crippen LogP contribution in [0.4, 0.5) is 5.82 Å². The van der Waals surface area contributed by atoms with Gasteiger partial charge in [0.1, 0.15) is 10.8 Å². The Kier molecular flexibility index (Phi) is 4.17. The van der Waals surface area contributed by atoms with E-state index < -0.39 is 0 Å². The monoisotopic (exact) mass is 306 g/mol. The predicted octanol–water partition coefficient (Wildman–Crippen LogP) is 1.71. The minimum absolute atomic E-state index is 0.120. The van der Waals surface area contributed by atoms with Gasteiger partial charge in [-0.15, -0.1) is 0 Å². The molecule has 0 aromatic carbocycles. The van der Waals surface area contributed by atoms with E-state index in [0.717, 1.165) is 18.5 Å². The molecule has 1 N–H and O–H groups in total. The number of pyridine rings is 1. The molecule has 2 aromatic heterocycles. The highest BCUT2D eigenvalue weighted by atomic mass is 35.5. The summed E-state index contributed by atoms with van der Waals surface area (Å²) in [5, 5.41) is 0.120. The lowest BCUT2D eigenvalue weighted by atomic mass is 10.2. The van der Waals surface area contributed by atoms with Crippen molar-refractivity contribution in [2.75, 3.05) is 31.2 Å². The van der Waals surface area contributed by atoms with E-state index in [2.05, 4.69) is 15.0 Å². The zero-order valence-electron chi connectivity index (χ0n) is 11.4. The Morgan fingerprint density at radius 1 is 1.24 bits per heavy atom. The van der Waals surface area contributed by atoms with Crippen molar-refractivity contribution >= 4 is 17.4 Å². The number of anilines is 1. The van der Waals surface area contributed by atoms with E-state index in [1.807, 2.05) is 4.90 Å². The summed E-state index contributed by atoms with van der Waals surface area (Å²) in [6.07, 6.45) is 4.20. The van der Waals surface area contributed by atoms with Crippen LogP contribution >= 0.6 is 11.6 Å². The second kappa shape index (κ2) is 6.24. The summed E-state index contributed by atoms with van der Waals surface area (Å²) >= 11 is 6.14. The molecule has 21 heavy (non-hydrogen) atoms. The summed E-state index contributed by atoms with van der Waals surface area (Å²) in [6.45, 7) is 2.77. The number of ether oxygens (including phenoxy) is 1. The van der Waals surface area contributed by atoms with Gasteiger partial charge in [-0.25, -0.2) is 4.98 Å². The van der Waals surface area contributed by atoms with E-state index in [-0.39, 0.29) is 10.6 Å². The van der Waals surface area contributed by atoms with E-state index in [1.54, 1.807) is 24.5 Å². The first kappa shape index (κ1) is 14.0. The molecule has 0 bridgehead atoms. The van der Waals surface area contributed by atoms with Gasteiger partial charge in [0, 0.05) is 37.7 Å². The molecule has 110 valence electrons. The number of nitrogens with one attached hydrogen (secondary N) is 1. The third-order valence-electron chi connectivity index (χ3n) is 3.32. The van der Waals surface area contributed by atoms with Crippen molar-refractivity contribution in [1.82, 2.24) is 15.0 Å². The molecule has 2 aromatic rings. The standard InChI is InChI=1S/C14H15ClN4O2/c15-11-13(19-6-1-8-21-9-7-19)17-12(18-14(11)20)10-2-4-16-5-3-10/h2-5H,1,6-9H2,(H,17,18,20). The van der Waals surface area contributed by atoms with Crippen LogP contribution in [0.3, 0.4) is 0 Å². The second-order valence-corrected chi connectivity index (χ2v) is 5.12. The fraction of sp³-hybridized carbons (Fsp3) is 0.357. The van der Waals surface area contributed by atoms with Crippen molar-refractivity contribution in [1.29, 1.82) is 0 Å². The first-order valence-electron chi connectivity index (χ1n) is 6.78. The maximum absolute atomic E-state index is 12.1. The minimum atomic E-state index is -0.335. The summed E-state index contributed by atoms with van der Waals surface area (Å²) < 4.78 is 5.42. The van der Waals surface area contributed by atoms with Gasteiger partial charge < -0.3 is 14.6 Å². The first-order valence-corrected chi connectivity index (χ1v) is 7.16. The molecular formula is C14H15ClN4O2. The molecule has 3 rings (SSSR count). The Morgan fingerprint density at radius 3 is 2.86 bits per heavy atom. The molecule has 0 aliphatic carbocycles. The number of aromatic amines is 1. The molecule has 0 unspecified atom stereocenters. The average molecular weight is 307 g/mol. The largest absolute Gasteiger partial charge is 0.380 e. The molecule has 1 saturated heterocycles. The number of halogens is 1. The van der Waals surface area contributed by atoms with Crippen molar-refractivity contribution in [3.8, 4) is 11.4 Å². The molecular weight excluding hydrogens is 292 g/mol. The Morgan fingerprint density at radius 2 is 2.05 bits per heavy atom. The van der Waals surface area contributed by atoms with Gasteiger partial charge in [-0.1, -0.05) is 11.6 Å². The number of rotatable bonds is 2. The van der Waals surface area contributed by atoms with E-state index in [9.17, 15) is 4.79 Å². The topological polar surface area (TPSA) is 71.1 Å². The molecule has 3 heterocycles. The quantitative estimate of drug-likeness (QED) is 0.914. The second-order valence-electron chi connectivity index (χ2n) is 4.74. The van der Waals surface area contributed by atoms with Crippen molar-refractivity contribution in [2.45, 2.75) is 6.42 Å². The molecule has 0 saturated carbocycles. The number of aromatic nitrogens is 3. The number of nitrogens with zero attached hydrogens (tertiary/aromatic N) is 3. The molecule has 0 amide bonds. The van der Waals surface area contributed by atoms with Crippen LogP contribution < -0.4 is 10.5 Å². The highest BCUT2D eigenvalue weighted by Crippen LogP contribution is 2.23. The van der Waals surface area contributed by atoms with Gasteiger partial charge in [0.25, 0.3) is 5.56 Å². The van der Waals surface area contributed by atoms with Crippen LogP contribution in [-0.4, -0.2) is 41.3 Å². The van der Waals surface area contributed by atoms with Crippen molar-refractivity contribution in [3.63, 3.8) is 0 Å². The van der Waals surface area contributed by atoms with E-state index in [1.165, 1.54) is 0 Å². The van der Waals surface area contributed by atoms with Gasteiger partial charge >= 0.3 is 0 Å². The molecule has 0 atom stereocenters. The van der Waals surface area contributed by atoms with Crippen LogP contribution in [0.15, 0.2) is 29.3 Å². The predicted molar refractivity (Wildman–Crippen MR) is 80.7 cm³/mol. The number of hydrogen-bond acceptors (Lipinski definition) is 5. The maximum Gasteiger partial charge on any atom is 0.272 e. The molecule has 0 spiro atoms. The van der Waals surface area contributed by atoms with E-state index in [0.29, 0.717) is 31.4 Å². The van der Waals surface area contributed by atoms with Crippen LogP contribution in [0.2, 0.25) is 5.02 Å². The molecule has 1 fully saturated rings.